The van der Waals surface area contributed by atoms with Crippen LogP contribution in [0.3, 0.4) is 0 Å². The van der Waals surface area contributed by atoms with E-state index in [0.717, 1.165) is 6.07 Å². The van der Waals surface area contributed by atoms with E-state index in [0.29, 0.717) is 4.46 Å². The summed E-state index contributed by atoms with van der Waals surface area (Å²) >= 11 is 2.61. The third-order valence-corrected chi connectivity index (χ3v) is 4.27. The van der Waals surface area contributed by atoms with Gasteiger partial charge in [-0.1, -0.05) is 0 Å². The first-order valence-electron chi connectivity index (χ1n) is 2.89. The zero-order valence-corrected chi connectivity index (χ0v) is 9.12. The van der Waals surface area contributed by atoms with E-state index in [2.05, 4.69) is 14.2 Å². The Labute approximate surface area is 81.0 Å². The van der Waals surface area contributed by atoms with E-state index in [1.54, 1.807) is 0 Å². The van der Waals surface area contributed by atoms with Gasteiger partial charge in [0.2, 0.25) is 0 Å². The van der Waals surface area contributed by atoms with Gasteiger partial charge in [0.15, 0.2) is 0 Å². The quantitative estimate of drug-likeness (QED) is 0.443. The van der Waals surface area contributed by atoms with E-state index in [4.69, 9.17) is 0 Å². The monoisotopic (exact) mass is 300 g/mol. The Kier molecular flexibility index (Phi) is 3.23. The molecule has 1 rings (SSSR count). The number of rotatable bonds is 2. The van der Waals surface area contributed by atoms with Gasteiger partial charge in [-0.15, -0.1) is 0 Å². The Morgan fingerprint density at radius 3 is 2.75 bits per heavy atom. The van der Waals surface area contributed by atoms with Crippen LogP contribution in [0.4, 0.5) is 10.1 Å². The molecule has 0 amide bonds. The molecule has 0 heterocycles. The van der Waals surface area contributed by atoms with Crippen LogP contribution in [0.1, 0.15) is 0 Å². The molecule has 0 saturated carbocycles. The summed E-state index contributed by atoms with van der Waals surface area (Å²) in [5.41, 5.74) is -0.145. The van der Waals surface area contributed by atoms with Gasteiger partial charge in [-0.3, -0.25) is 0 Å². The van der Waals surface area contributed by atoms with Crippen molar-refractivity contribution in [2.75, 3.05) is 0 Å². The molecule has 6 heteroatoms. The van der Waals surface area contributed by atoms with Crippen LogP contribution in [0.2, 0.25) is 0 Å². The van der Waals surface area contributed by atoms with E-state index in [1.807, 2.05) is 0 Å². The molecule has 0 aromatic heterocycles. The molecular formula is C6H3FNO2Se2. The van der Waals surface area contributed by atoms with Gasteiger partial charge in [0, 0.05) is 0 Å². The van der Waals surface area contributed by atoms with Crippen LogP contribution in [0.5, 0.6) is 0 Å². The summed E-state index contributed by atoms with van der Waals surface area (Å²) in [4.78, 5) is 9.80. The van der Waals surface area contributed by atoms with Crippen molar-refractivity contribution < 1.29 is 9.31 Å². The number of nitro benzene ring substituents is 1. The molecule has 0 N–H and O–H groups in total. The molecule has 0 aliphatic heterocycles. The molecule has 0 unspecified atom stereocenters. The first kappa shape index (κ1) is 9.68. The second-order valence-corrected chi connectivity index (χ2v) is 5.04. The molecule has 1 aromatic rings. The normalized spacial score (nSPS) is 9.83. The fraction of sp³-hybridized carbons (Fsp3) is 0. The minimum atomic E-state index is -0.574. The van der Waals surface area contributed by atoms with Gasteiger partial charge >= 0.3 is 80.9 Å². The first-order chi connectivity index (χ1) is 5.65. The van der Waals surface area contributed by atoms with E-state index in [1.165, 1.54) is 12.1 Å². The Morgan fingerprint density at radius 1 is 1.58 bits per heavy atom. The Hall–Kier alpha value is -0.411. The molecule has 0 aliphatic rings. The van der Waals surface area contributed by atoms with E-state index in [-0.39, 0.29) is 18.8 Å². The molecule has 0 atom stereocenters. The average Bonchev–Trinajstić information content (AvgIpc) is 2.04. The summed E-state index contributed by atoms with van der Waals surface area (Å²) in [6.45, 7) is 0. The molecule has 1 radical (unpaired) electrons. The number of halogens is 1. The summed E-state index contributed by atoms with van der Waals surface area (Å²) in [6.07, 6.45) is 0. The topological polar surface area (TPSA) is 43.1 Å². The van der Waals surface area contributed by atoms with Gasteiger partial charge in [-0.2, -0.15) is 0 Å². The van der Waals surface area contributed by atoms with Gasteiger partial charge in [-0.05, 0) is 0 Å². The molecule has 0 saturated heterocycles. The fourth-order valence-corrected chi connectivity index (χ4v) is 2.96. The van der Waals surface area contributed by atoms with Gasteiger partial charge in [0.1, 0.15) is 0 Å². The van der Waals surface area contributed by atoms with E-state index in [9.17, 15) is 14.5 Å². The number of nitrogens with zero attached hydrogens (tertiary/aromatic N) is 1. The Balaban J connectivity index is 3.21. The number of hydrogen-bond donors (Lipinski definition) is 0. The van der Waals surface area contributed by atoms with Crippen LogP contribution in [-0.4, -0.2) is 32.2 Å². The van der Waals surface area contributed by atoms with Crippen LogP contribution in [0.25, 0.3) is 0 Å². The molecule has 1 aromatic carbocycles. The van der Waals surface area contributed by atoms with Gasteiger partial charge < -0.3 is 0 Å². The third-order valence-electron chi connectivity index (χ3n) is 1.21. The van der Waals surface area contributed by atoms with Crippen molar-refractivity contribution in [1.29, 1.82) is 0 Å². The first-order valence-corrected chi connectivity index (χ1v) is 8.08. The van der Waals surface area contributed by atoms with Crippen molar-refractivity contribution >= 4 is 37.5 Å². The predicted molar refractivity (Wildman–Crippen MR) is 44.2 cm³/mol. The van der Waals surface area contributed by atoms with Gasteiger partial charge in [0.05, 0.1) is 0 Å². The SMILES string of the molecule is O=[N+]([O-])c1cc(F)ccc1[Se][Se]. The minimum absolute atomic E-state index is 0.101. The standard InChI is InChI=1S/C6H3FNO2Se2/c7-4-1-2-6(12-11)5(3-4)8(9)10/h1-3H. The van der Waals surface area contributed by atoms with Crippen LogP contribution >= 0.6 is 0 Å². The fourth-order valence-electron chi connectivity index (χ4n) is 0.704. The second kappa shape index (κ2) is 4.01. The summed E-state index contributed by atoms with van der Waals surface area (Å²) in [5, 5.41) is 10.4. The molecule has 63 valence electrons. The summed E-state index contributed by atoms with van der Waals surface area (Å²) in [7, 11) is 0. The Bertz CT molecular complexity index is 318. The number of hydrogen-bond acceptors (Lipinski definition) is 2. The molecule has 3 nitrogen and oxygen atoms in total. The Morgan fingerprint density at radius 2 is 2.25 bits per heavy atom. The molecule has 0 aliphatic carbocycles. The van der Waals surface area contributed by atoms with Crippen molar-refractivity contribution in [2.24, 2.45) is 0 Å². The van der Waals surface area contributed by atoms with Gasteiger partial charge in [-0.25, -0.2) is 0 Å². The third kappa shape index (κ3) is 2.05. The van der Waals surface area contributed by atoms with Crippen molar-refractivity contribution in [3.63, 3.8) is 0 Å². The zero-order valence-electron chi connectivity index (χ0n) is 5.69. The van der Waals surface area contributed by atoms with Crippen molar-refractivity contribution in [1.82, 2.24) is 0 Å². The maximum atomic E-state index is 12.5. The molecular weight excluding hydrogens is 295 g/mol. The van der Waals surface area contributed by atoms with Crippen LogP contribution in [0.15, 0.2) is 18.2 Å². The van der Waals surface area contributed by atoms with Crippen molar-refractivity contribution in [2.45, 2.75) is 0 Å². The molecule has 12 heavy (non-hydrogen) atoms. The summed E-state index contributed by atoms with van der Waals surface area (Å²) in [6, 6.07) is 3.60. The number of benzene rings is 1. The van der Waals surface area contributed by atoms with Crippen LogP contribution in [0, 0.1) is 15.9 Å². The predicted octanol–water partition coefficient (Wildman–Crippen LogP) is 0.147. The average molecular weight is 298 g/mol. The molecule has 0 fully saturated rings. The zero-order chi connectivity index (χ0) is 9.14. The van der Waals surface area contributed by atoms with Crippen molar-refractivity contribution in [3.8, 4) is 0 Å². The summed E-state index contributed by atoms with van der Waals surface area (Å²) in [5.74, 6) is -0.574. The number of nitro groups is 1. The molecule has 0 bridgehead atoms. The summed E-state index contributed by atoms with van der Waals surface area (Å²) < 4.78 is 13.1. The van der Waals surface area contributed by atoms with Crippen molar-refractivity contribution in [3.05, 3.63) is 34.1 Å². The maximum absolute atomic E-state index is 12.5. The van der Waals surface area contributed by atoms with Crippen LogP contribution in [-0.2, 0) is 0 Å². The second-order valence-electron chi connectivity index (χ2n) is 1.95. The molecule has 0 spiro atoms. The van der Waals surface area contributed by atoms with E-state index >= 15 is 0 Å². The van der Waals surface area contributed by atoms with E-state index < -0.39 is 10.7 Å². The van der Waals surface area contributed by atoms with Gasteiger partial charge in [0.25, 0.3) is 0 Å². The van der Waals surface area contributed by atoms with Crippen LogP contribution < -0.4 is 4.46 Å².